The van der Waals surface area contributed by atoms with Gasteiger partial charge >= 0.3 is 6.18 Å². The van der Waals surface area contributed by atoms with Crippen LogP contribution >= 0.6 is 11.6 Å². The smallest absolute Gasteiger partial charge is 0.219 e. The number of hydrogen-bond donors (Lipinski definition) is 0. The van der Waals surface area contributed by atoms with Gasteiger partial charge in [0.2, 0.25) is 0 Å². The lowest BCUT2D eigenvalue weighted by Gasteiger charge is -2.06. The molecule has 102 valence electrons. The first-order valence-electron chi connectivity index (χ1n) is 5.63. The van der Waals surface area contributed by atoms with Gasteiger partial charge in [0.15, 0.2) is 11.5 Å². The van der Waals surface area contributed by atoms with Gasteiger partial charge < -0.3 is 0 Å². The van der Waals surface area contributed by atoms with E-state index in [1.54, 1.807) is 18.3 Å². The normalized spacial score (nSPS) is 12.0. The molecule has 0 aliphatic carbocycles. The van der Waals surface area contributed by atoms with Crippen molar-refractivity contribution in [2.45, 2.75) is 6.18 Å². The van der Waals surface area contributed by atoms with E-state index in [2.05, 4.69) is 10.1 Å². The monoisotopic (exact) mass is 297 g/mol. The number of rotatable bonds is 1. The van der Waals surface area contributed by atoms with Crippen LogP contribution in [0.4, 0.5) is 13.2 Å². The molecular weight excluding hydrogens is 291 g/mol. The molecule has 0 N–H and O–H groups in total. The topological polar surface area (TPSA) is 30.2 Å². The molecule has 0 amide bonds. The van der Waals surface area contributed by atoms with Crippen molar-refractivity contribution in [3.8, 4) is 11.4 Å². The van der Waals surface area contributed by atoms with Crippen LogP contribution < -0.4 is 0 Å². The first kappa shape index (κ1) is 12.9. The van der Waals surface area contributed by atoms with Gasteiger partial charge in [0.05, 0.1) is 10.6 Å². The van der Waals surface area contributed by atoms with E-state index >= 15 is 0 Å². The Hall–Kier alpha value is -2.08. The van der Waals surface area contributed by atoms with Crippen LogP contribution in [0.5, 0.6) is 0 Å². The average molecular weight is 298 g/mol. The molecule has 0 unspecified atom stereocenters. The quantitative estimate of drug-likeness (QED) is 0.678. The summed E-state index contributed by atoms with van der Waals surface area (Å²) in [6.45, 7) is 0. The van der Waals surface area contributed by atoms with Gasteiger partial charge in [0.1, 0.15) is 0 Å². The molecule has 0 saturated carbocycles. The zero-order chi connectivity index (χ0) is 14.3. The predicted molar refractivity (Wildman–Crippen MR) is 68.4 cm³/mol. The average Bonchev–Trinajstić information content (AvgIpc) is 2.81. The lowest BCUT2D eigenvalue weighted by atomic mass is 10.1. The summed E-state index contributed by atoms with van der Waals surface area (Å²) in [4.78, 5) is 4.17. The zero-order valence-corrected chi connectivity index (χ0v) is 10.7. The van der Waals surface area contributed by atoms with Crippen molar-refractivity contribution in [3.63, 3.8) is 0 Å². The molecule has 0 aliphatic rings. The summed E-state index contributed by atoms with van der Waals surface area (Å²) >= 11 is 5.82. The second-order valence-electron chi connectivity index (χ2n) is 4.16. The number of nitrogens with zero attached hydrogens (tertiary/aromatic N) is 3. The molecule has 0 saturated heterocycles. The Morgan fingerprint density at radius 3 is 2.65 bits per heavy atom. The Bertz CT molecular complexity index is 780. The van der Waals surface area contributed by atoms with Crippen molar-refractivity contribution in [2.24, 2.45) is 0 Å². The first-order chi connectivity index (χ1) is 9.43. The van der Waals surface area contributed by atoms with Crippen LogP contribution in [0.15, 0.2) is 42.6 Å². The molecule has 3 aromatic rings. The van der Waals surface area contributed by atoms with E-state index < -0.39 is 11.7 Å². The number of pyridine rings is 1. The van der Waals surface area contributed by atoms with Gasteiger partial charge in [-0.2, -0.15) is 13.2 Å². The number of benzene rings is 1. The van der Waals surface area contributed by atoms with Crippen LogP contribution in [0.25, 0.3) is 17.0 Å². The predicted octanol–water partition coefficient (Wildman–Crippen LogP) is 4.07. The maximum absolute atomic E-state index is 12.7. The first-order valence-corrected chi connectivity index (χ1v) is 6.01. The highest BCUT2D eigenvalue weighted by Crippen LogP contribution is 2.31. The summed E-state index contributed by atoms with van der Waals surface area (Å²) < 4.78 is 39.5. The highest BCUT2D eigenvalue weighted by atomic mass is 35.5. The maximum atomic E-state index is 12.7. The molecule has 0 aliphatic heterocycles. The Morgan fingerprint density at radius 2 is 1.90 bits per heavy atom. The molecule has 0 fully saturated rings. The molecule has 2 aromatic heterocycles. The zero-order valence-electron chi connectivity index (χ0n) is 9.89. The van der Waals surface area contributed by atoms with E-state index in [4.69, 9.17) is 11.6 Å². The van der Waals surface area contributed by atoms with E-state index in [1.807, 2.05) is 0 Å². The van der Waals surface area contributed by atoms with Crippen molar-refractivity contribution in [1.29, 1.82) is 0 Å². The molecule has 20 heavy (non-hydrogen) atoms. The van der Waals surface area contributed by atoms with Gasteiger partial charge in [-0.3, -0.25) is 0 Å². The fraction of sp³-hybridized carbons (Fsp3) is 0.0769. The van der Waals surface area contributed by atoms with Gasteiger partial charge in [0.25, 0.3) is 0 Å². The number of aromatic nitrogens is 3. The van der Waals surface area contributed by atoms with Gasteiger partial charge in [-0.25, -0.2) is 9.50 Å². The van der Waals surface area contributed by atoms with Crippen LogP contribution in [-0.2, 0) is 6.18 Å². The van der Waals surface area contributed by atoms with Gasteiger partial charge in [0, 0.05) is 11.8 Å². The molecule has 0 radical (unpaired) electrons. The lowest BCUT2D eigenvalue weighted by Crippen LogP contribution is -2.04. The van der Waals surface area contributed by atoms with E-state index in [9.17, 15) is 13.2 Å². The third kappa shape index (κ3) is 2.34. The SMILES string of the molecule is FC(F)(F)c1cccc(-c2nc3ccc(Cl)cn3n2)c1. The minimum Gasteiger partial charge on any atom is -0.219 e. The highest BCUT2D eigenvalue weighted by molar-refractivity contribution is 6.30. The molecule has 0 atom stereocenters. The fourth-order valence-electron chi connectivity index (χ4n) is 1.81. The Morgan fingerprint density at radius 1 is 1.10 bits per heavy atom. The summed E-state index contributed by atoms with van der Waals surface area (Å²) in [5.74, 6) is 0.221. The molecule has 0 bridgehead atoms. The Balaban J connectivity index is 2.11. The van der Waals surface area contributed by atoms with Crippen molar-refractivity contribution >= 4 is 17.2 Å². The molecule has 7 heteroatoms. The van der Waals surface area contributed by atoms with E-state index in [-0.39, 0.29) is 5.82 Å². The van der Waals surface area contributed by atoms with Crippen molar-refractivity contribution in [3.05, 3.63) is 53.2 Å². The van der Waals surface area contributed by atoms with Gasteiger partial charge in [-0.05, 0) is 24.3 Å². The standard InChI is InChI=1S/C13H7ClF3N3/c14-10-4-5-11-18-12(19-20(11)7-10)8-2-1-3-9(6-8)13(15,16)17/h1-7H. The van der Waals surface area contributed by atoms with Crippen molar-refractivity contribution in [1.82, 2.24) is 14.6 Å². The van der Waals surface area contributed by atoms with E-state index in [0.717, 1.165) is 12.1 Å². The van der Waals surface area contributed by atoms with Crippen LogP contribution in [-0.4, -0.2) is 14.6 Å². The number of hydrogen-bond acceptors (Lipinski definition) is 2. The van der Waals surface area contributed by atoms with Gasteiger partial charge in [-0.1, -0.05) is 23.7 Å². The Kier molecular flexibility index (Phi) is 2.90. The maximum Gasteiger partial charge on any atom is 0.416 e. The second-order valence-corrected chi connectivity index (χ2v) is 4.60. The molecule has 3 rings (SSSR count). The number of fused-ring (bicyclic) bond motifs is 1. The second kappa shape index (κ2) is 4.49. The number of alkyl halides is 3. The van der Waals surface area contributed by atoms with E-state index in [1.165, 1.54) is 16.6 Å². The highest BCUT2D eigenvalue weighted by Gasteiger charge is 2.30. The summed E-state index contributed by atoms with van der Waals surface area (Å²) in [5, 5.41) is 4.59. The molecule has 0 spiro atoms. The number of halogens is 4. The van der Waals surface area contributed by atoms with E-state index in [0.29, 0.717) is 16.2 Å². The molecule has 1 aromatic carbocycles. The third-order valence-corrected chi connectivity index (χ3v) is 2.97. The fourth-order valence-corrected chi connectivity index (χ4v) is 1.97. The van der Waals surface area contributed by atoms with Crippen LogP contribution in [0.2, 0.25) is 5.02 Å². The third-order valence-electron chi connectivity index (χ3n) is 2.74. The van der Waals surface area contributed by atoms with Crippen LogP contribution in [0.1, 0.15) is 5.56 Å². The summed E-state index contributed by atoms with van der Waals surface area (Å²) in [7, 11) is 0. The summed E-state index contributed by atoms with van der Waals surface area (Å²) in [6.07, 6.45) is -2.85. The van der Waals surface area contributed by atoms with Crippen molar-refractivity contribution < 1.29 is 13.2 Å². The lowest BCUT2D eigenvalue weighted by molar-refractivity contribution is -0.137. The largest absolute Gasteiger partial charge is 0.416 e. The Labute approximate surface area is 116 Å². The summed E-state index contributed by atoms with van der Waals surface area (Å²) in [5.41, 5.74) is 0.0911. The summed E-state index contributed by atoms with van der Waals surface area (Å²) in [6, 6.07) is 8.18. The molecule has 3 nitrogen and oxygen atoms in total. The minimum atomic E-state index is -4.39. The van der Waals surface area contributed by atoms with Crippen LogP contribution in [0.3, 0.4) is 0 Å². The molecule has 2 heterocycles. The van der Waals surface area contributed by atoms with Crippen LogP contribution in [0, 0.1) is 0 Å². The van der Waals surface area contributed by atoms with Gasteiger partial charge in [-0.15, -0.1) is 5.10 Å². The molecular formula is C13H7ClF3N3. The van der Waals surface area contributed by atoms with Crippen molar-refractivity contribution in [2.75, 3.05) is 0 Å². The minimum absolute atomic E-state index is 0.221.